The van der Waals surface area contributed by atoms with Crippen LogP contribution in [-0.4, -0.2) is 42.0 Å². The number of rotatable bonds is 6. The van der Waals surface area contributed by atoms with E-state index in [0.717, 1.165) is 6.26 Å². The molecule has 112 valence electrons. The van der Waals surface area contributed by atoms with Gasteiger partial charge in [-0.25, -0.2) is 8.42 Å². The van der Waals surface area contributed by atoms with Crippen molar-refractivity contribution in [3.05, 3.63) is 23.2 Å². The van der Waals surface area contributed by atoms with Gasteiger partial charge in [0.25, 0.3) is 0 Å². The molecule has 0 fully saturated rings. The number of hydrogen-bond acceptors (Lipinski definition) is 5. The Morgan fingerprint density at radius 3 is 2.65 bits per heavy atom. The topological polar surface area (TPSA) is 106 Å². The number of sulfone groups is 1. The smallest absolute Gasteiger partial charge is 0.237 e. The van der Waals surface area contributed by atoms with Crippen LogP contribution < -0.4 is 11.1 Å². The van der Waals surface area contributed by atoms with Gasteiger partial charge in [0, 0.05) is 28.5 Å². The minimum absolute atomic E-state index is 0.0677. The molecule has 0 radical (unpaired) electrons. The largest absolute Gasteiger partial charge is 0.399 e. The lowest BCUT2D eigenvalue weighted by Gasteiger charge is -2.07. The molecule has 1 aromatic rings. The number of carbonyl (C=O) groups is 1. The fourth-order valence-corrected chi connectivity index (χ4v) is 3.98. The molecular weight excluding hydrogens is 324 g/mol. The van der Waals surface area contributed by atoms with E-state index in [9.17, 15) is 17.4 Å². The van der Waals surface area contributed by atoms with Crippen molar-refractivity contribution in [2.24, 2.45) is 0 Å². The van der Waals surface area contributed by atoms with Gasteiger partial charge in [0.15, 0.2) is 0 Å². The first-order valence-electron chi connectivity index (χ1n) is 5.55. The number of anilines is 2. The fraction of sp³-hybridized carbons (Fsp3) is 0.364. The number of benzene rings is 1. The number of hydrogen-bond donors (Lipinski definition) is 2. The van der Waals surface area contributed by atoms with E-state index < -0.39 is 26.5 Å². The molecule has 1 amide bonds. The van der Waals surface area contributed by atoms with Crippen LogP contribution in [0.5, 0.6) is 0 Å². The van der Waals surface area contributed by atoms with Crippen molar-refractivity contribution >= 4 is 49.5 Å². The Hall–Kier alpha value is -1.12. The van der Waals surface area contributed by atoms with E-state index in [0.29, 0.717) is 11.4 Å². The van der Waals surface area contributed by atoms with Crippen LogP contribution >= 0.6 is 11.6 Å². The summed E-state index contributed by atoms with van der Waals surface area (Å²) < 4.78 is 33.4. The summed E-state index contributed by atoms with van der Waals surface area (Å²) in [6.45, 7) is 0. The fourth-order valence-electron chi connectivity index (χ4n) is 1.28. The summed E-state index contributed by atoms with van der Waals surface area (Å²) in [5, 5.41) is 2.77. The Balaban J connectivity index is 2.53. The average molecular weight is 339 g/mol. The van der Waals surface area contributed by atoms with Crippen LogP contribution in [0.1, 0.15) is 0 Å². The second-order valence-electron chi connectivity index (χ2n) is 4.21. The first kappa shape index (κ1) is 16.9. The number of carbonyl (C=O) groups excluding carboxylic acids is 1. The maximum Gasteiger partial charge on any atom is 0.237 e. The van der Waals surface area contributed by atoms with E-state index in [4.69, 9.17) is 17.3 Å². The number of nitrogens with two attached hydrogens (primary N) is 1. The van der Waals surface area contributed by atoms with Gasteiger partial charge in [0.2, 0.25) is 5.91 Å². The van der Waals surface area contributed by atoms with E-state index in [1.54, 1.807) is 6.07 Å². The third-order valence-corrected chi connectivity index (χ3v) is 5.00. The van der Waals surface area contributed by atoms with Gasteiger partial charge >= 0.3 is 0 Å². The van der Waals surface area contributed by atoms with Gasteiger partial charge in [0.1, 0.15) is 15.6 Å². The van der Waals surface area contributed by atoms with Crippen LogP contribution in [0.4, 0.5) is 11.4 Å². The molecule has 20 heavy (non-hydrogen) atoms. The maximum absolute atomic E-state index is 11.6. The third kappa shape index (κ3) is 6.36. The zero-order valence-electron chi connectivity index (χ0n) is 10.8. The van der Waals surface area contributed by atoms with Crippen molar-refractivity contribution in [2.45, 2.75) is 0 Å². The van der Waals surface area contributed by atoms with Crippen molar-refractivity contribution in [2.75, 3.05) is 34.6 Å². The van der Waals surface area contributed by atoms with Crippen LogP contribution in [0.3, 0.4) is 0 Å². The summed E-state index contributed by atoms with van der Waals surface area (Å²) in [6, 6.07) is 4.59. The molecule has 6 nitrogen and oxygen atoms in total. The summed E-state index contributed by atoms with van der Waals surface area (Å²) >= 11 is 5.88. The number of nitrogens with one attached hydrogen (secondary N) is 1. The average Bonchev–Trinajstić information content (AvgIpc) is 2.29. The van der Waals surface area contributed by atoms with Crippen LogP contribution in [0.15, 0.2) is 18.2 Å². The van der Waals surface area contributed by atoms with E-state index in [1.165, 1.54) is 12.1 Å². The molecule has 0 aliphatic heterocycles. The summed E-state index contributed by atoms with van der Waals surface area (Å²) in [7, 11) is -4.73. The molecule has 9 heteroatoms. The van der Waals surface area contributed by atoms with Crippen molar-refractivity contribution in [1.29, 1.82) is 0 Å². The van der Waals surface area contributed by atoms with Gasteiger partial charge in [-0.1, -0.05) is 11.6 Å². The lowest BCUT2D eigenvalue weighted by molar-refractivity contribution is -0.113. The van der Waals surface area contributed by atoms with Gasteiger partial charge in [-0.2, -0.15) is 0 Å². The summed E-state index contributed by atoms with van der Waals surface area (Å²) in [5.74, 6) is -1.06. The minimum atomic E-state index is -3.19. The first-order chi connectivity index (χ1) is 9.17. The van der Waals surface area contributed by atoms with Crippen LogP contribution in [0.25, 0.3) is 0 Å². The molecule has 1 rings (SSSR count). The lowest BCUT2D eigenvalue weighted by atomic mass is 10.3. The molecule has 3 N–H and O–H groups in total. The second kappa shape index (κ2) is 7.05. The zero-order chi connectivity index (χ0) is 15.3. The molecule has 0 aliphatic carbocycles. The van der Waals surface area contributed by atoms with E-state index >= 15 is 0 Å². The maximum atomic E-state index is 11.6. The summed E-state index contributed by atoms with van der Waals surface area (Å²) in [4.78, 5) is 11.6. The number of nitrogen functional groups attached to an aromatic ring is 1. The van der Waals surface area contributed by atoms with Gasteiger partial charge in [-0.15, -0.1) is 0 Å². The highest BCUT2D eigenvalue weighted by Crippen LogP contribution is 2.23. The molecular formula is C11H15ClN2O4S2. The van der Waals surface area contributed by atoms with E-state index in [1.807, 2.05) is 0 Å². The van der Waals surface area contributed by atoms with Crippen molar-refractivity contribution in [3.8, 4) is 0 Å². The van der Waals surface area contributed by atoms with Crippen LogP contribution in [0.2, 0.25) is 5.02 Å². The third-order valence-electron chi connectivity index (χ3n) is 2.24. The van der Waals surface area contributed by atoms with Crippen molar-refractivity contribution in [1.82, 2.24) is 0 Å². The summed E-state index contributed by atoms with van der Waals surface area (Å²) in [5.41, 5.74) is 6.35. The molecule has 1 aromatic carbocycles. The van der Waals surface area contributed by atoms with Crippen LogP contribution in [-0.2, 0) is 25.4 Å². The molecule has 1 atom stereocenters. The molecule has 0 bridgehead atoms. The lowest BCUT2D eigenvalue weighted by Crippen LogP contribution is -2.23. The highest BCUT2D eigenvalue weighted by molar-refractivity contribution is 7.92. The molecule has 0 aliphatic rings. The predicted octanol–water partition coefficient (Wildman–Crippen LogP) is 0.654. The molecule has 0 spiro atoms. The van der Waals surface area contributed by atoms with E-state index in [-0.39, 0.29) is 22.3 Å². The SMILES string of the molecule is CS(=O)(=O)CCS(=O)CC(=O)Nc1ccc(N)cc1Cl. The van der Waals surface area contributed by atoms with Crippen LogP contribution in [0, 0.1) is 0 Å². The standard InChI is InChI=1S/C11H15ClN2O4S2/c1-20(17,18)5-4-19(16)7-11(15)14-10-3-2-8(13)6-9(10)12/h2-3,6H,4-5,7,13H2,1H3,(H,14,15). The Bertz CT molecular complexity index is 631. The Kier molecular flexibility index (Phi) is 5.97. The molecule has 0 saturated heterocycles. The van der Waals surface area contributed by atoms with Crippen molar-refractivity contribution in [3.63, 3.8) is 0 Å². The number of amides is 1. The van der Waals surface area contributed by atoms with Gasteiger partial charge in [-0.05, 0) is 18.2 Å². The normalized spacial score (nSPS) is 12.9. The van der Waals surface area contributed by atoms with Gasteiger partial charge in [0.05, 0.1) is 16.5 Å². The molecule has 0 aromatic heterocycles. The molecule has 1 unspecified atom stereocenters. The molecule has 0 heterocycles. The Labute approximate surface area is 125 Å². The van der Waals surface area contributed by atoms with Gasteiger partial charge in [-0.3, -0.25) is 9.00 Å². The Morgan fingerprint density at radius 1 is 1.45 bits per heavy atom. The van der Waals surface area contributed by atoms with Crippen molar-refractivity contribution < 1.29 is 17.4 Å². The highest BCUT2D eigenvalue weighted by Gasteiger charge is 2.12. The predicted molar refractivity (Wildman–Crippen MR) is 82.1 cm³/mol. The summed E-state index contributed by atoms with van der Waals surface area (Å²) in [6.07, 6.45) is 1.05. The highest BCUT2D eigenvalue weighted by atomic mass is 35.5. The second-order valence-corrected chi connectivity index (χ2v) is 8.45. The quantitative estimate of drug-likeness (QED) is 0.741. The number of halogens is 1. The Morgan fingerprint density at radius 2 is 2.10 bits per heavy atom. The monoisotopic (exact) mass is 338 g/mol. The zero-order valence-corrected chi connectivity index (χ0v) is 13.1. The minimum Gasteiger partial charge on any atom is -0.399 e. The van der Waals surface area contributed by atoms with Gasteiger partial charge < -0.3 is 11.1 Å². The first-order valence-corrected chi connectivity index (χ1v) is 9.47. The van der Waals surface area contributed by atoms with E-state index in [2.05, 4.69) is 5.32 Å². The molecule has 0 saturated carbocycles.